The maximum Gasteiger partial charge on any atom is 0.294 e. The molecule has 1 aromatic heterocycles. The highest BCUT2D eigenvalue weighted by molar-refractivity contribution is 8.18. The highest BCUT2D eigenvalue weighted by Gasteiger charge is 2.36. The van der Waals surface area contributed by atoms with E-state index in [-0.39, 0.29) is 10.6 Å². The number of amides is 3. The molecule has 2 aromatic carbocycles. The van der Waals surface area contributed by atoms with Crippen LogP contribution in [0.3, 0.4) is 0 Å². The van der Waals surface area contributed by atoms with Crippen LogP contribution in [0.2, 0.25) is 5.02 Å². The highest BCUT2D eigenvalue weighted by atomic mass is 35.5. The molecule has 166 valence electrons. The molecule has 1 aliphatic heterocycles. The quantitative estimate of drug-likeness (QED) is 0.309. The predicted octanol–water partition coefficient (Wildman–Crippen LogP) is 4.71. The molecule has 0 unspecified atom stereocenters. The van der Waals surface area contributed by atoms with Crippen molar-refractivity contribution in [3.63, 3.8) is 0 Å². The molecule has 0 radical (unpaired) electrons. The van der Waals surface area contributed by atoms with Crippen molar-refractivity contribution in [1.82, 2.24) is 9.47 Å². The molecule has 1 aliphatic rings. The zero-order valence-electron chi connectivity index (χ0n) is 16.8. The topological polar surface area (TPSA) is 115 Å². The normalized spacial score (nSPS) is 14.7. The Balaban J connectivity index is 1.51. The molecule has 3 aromatic rings. The number of rotatable bonds is 6. The van der Waals surface area contributed by atoms with Gasteiger partial charge in [0.15, 0.2) is 0 Å². The summed E-state index contributed by atoms with van der Waals surface area (Å²) in [6.07, 6.45) is 3.27. The van der Waals surface area contributed by atoms with Crippen LogP contribution in [0.25, 0.3) is 11.8 Å². The van der Waals surface area contributed by atoms with Crippen molar-refractivity contribution in [1.29, 1.82) is 0 Å². The van der Waals surface area contributed by atoms with Crippen LogP contribution in [0.4, 0.5) is 16.2 Å². The number of carbonyl (C=O) groups is 3. The fourth-order valence-corrected chi connectivity index (χ4v) is 4.15. The molecule has 9 nitrogen and oxygen atoms in total. The number of nitro benzene ring substituents is 1. The number of aromatic nitrogens is 1. The van der Waals surface area contributed by atoms with E-state index >= 15 is 0 Å². The van der Waals surface area contributed by atoms with Gasteiger partial charge >= 0.3 is 0 Å². The Hall–Kier alpha value is -3.89. The van der Waals surface area contributed by atoms with Gasteiger partial charge in [-0.15, -0.1) is 0 Å². The van der Waals surface area contributed by atoms with Gasteiger partial charge in [0.1, 0.15) is 6.54 Å². The highest BCUT2D eigenvalue weighted by Crippen LogP contribution is 2.33. The second-order valence-electron chi connectivity index (χ2n) is 6.87. The molecule has 1 saturated heterocycles. The van der Waals surface area contributed by atoms with Crippen LogP contribution in [0.1, 0.15) is 5.69 Å². The van der Waals surface area contributed by atoms with Crippen molar-refractivity contribution in [3.05, 3.63) is 92.6 Å². The molecule has 0 bridgehead atoms. The minimum Gasteiger partial charge on any atom is -0.323 e. The molecular formula is C22H15ClN4O5S. The van der Waals surface area contributed by atoms with E-state index in [1.807, 2.05) is 0 Å². The van der Waals surface area contributed by atoms with Gasteiger partial charge in [-0.3, -0.25) is 29.4 Å². The van der Waals surface area contributed by atoms with E-state index in [1.165, 1.54) is 18.2 Å². The van der Waals surface area contributed by atoms with Gasteiger partial charge < -0.3 is 9.88 Å². The van der Waals surface area contributed by atoms with Crippen LogP contribution >= 0.6 is 23.4 Å². The van der Waals surface area contributed by atoms with Gasteiger partial charge in [-0.05, 0) is 54.2 Å². The summed E-state index contributed by atoms with van der Waals surface area (Å²) in [7, 11) is 0. The van der Waals surface area contributed by atoms with Crippen LogP contribution < -0.4 is 5.32 Å². The third kappa shape index (κ3) is 4.81. The first-order valence-electron chi connectivity index (χ1n) is 9.55. The Labute approximate surface area is 196 Å². The van der Waals surface area contributed by atoms with Crippen molar-refractivity contribution >= 4 is 57.9 Å². The molecule has 1 fully saturated rings. The zero-order valence-corrected chi connectivity index (χ0v) is 18.4. The number of imide groups is 1. The lowest BCUT2D eigenvalue weighted by molar-refractivity contribution is -0.384. The minimum absolute atomic E-state index is 0.0383. The lowest BCUT2D eigenvalue weighted by Crippen LogP contribution is -2.36. The fourth-order valence-electron chi connectivity index (χ4n) is 3.15. The first-order chi connectivity index (χ1) is 15.8. The summed E-state index contributed by atoms with van der Waals surface area (Å²) in [5.74, 6) is -1.14. The smallest absolute Gasteiger partial charge is 0.294 e. The van der Waals surface area contributed by atoms with Gasteiger partial charge in [0.2, 0.25) is 5.91 Å². The van der Waals surface area contributed by atoms with Gasteiger partial charge in [-0.25, -0.2) is 0 Å². The van der Waals surface area contributed by atoms with Gasteiger partial charge in [0, 0.05) is 29.7 Å². The summed E-state index contributed by atoms with van der Waals surface area (Å²) in [5.41, 5.74) is 1.58. The molecule has 3 amide bonds. The number of para-hydroxylation sites is 1. The molecule has 0 atom stereocenters. The molecule has 0 aliphatic carbocycles. The number of hydrogen-bond acceptors (Lipinski definition) is 6. The number of nitrogens with one attached hydrogen (secondary N) is 1. The first kappa shape index (κ1) is 22.3. The van der Waals surface area contributed by atoms with Crippen molar-refractivity contribution in [2.24, 2.45) is 0 Å². The third-order valence-electron chi connectivity index (χ3n) is 4.72. The lowest BCUT2D eigenvalue weighted by Gasteiger charge is -2.13. The van der Waals surface area contributed by atoms with E-state index < -0.39 is 28.5 Å². The number of nitro groups is 1. The number of nitrogens with zero attached hydrogens (tertiary/aromatic N) is 3. The summed E-state index contributed by atoms with van der Waals surface area (Å²) < 4.78 is 1.72. The summed E-state index contributed by atoms with van der Waals surface area (Å²) in [4.78, 5) is 48.9. The molecule has 2 heterocycles. The molecule has 1 N–H and O–H groups in total. The molecular weight excluding hydrogens is 468 g/mol. The Morgan fingerprint density at radius 1 is 1.09 bits per heavy atom. The second-order valence-corrected chi connectivity index (χ2v) is 8.27. The molecule has 11 heteroatoms. The second kappa shape index (κ2) is 9.31. The molecule has 4 rings (SSSR count). The largest absolute Gasteiger partial charge is 0.323 e. The van der Waals surface area contributed by atoms with E-state index in [0.29, 0.717) is 22.1 Å². The van der Waals surface area contributed by atoms with Gasteiger partial charge in [-0.1, -0.05) is 23.7 Å². The summed E-state index contributed by atoms with van der Waals surface area (Å²) in [5, 5.41) is 13.2. The average Bonchev–Trinajstić information content (AvgIpc) is 3.35. The standard InChI is InChI=1S/C22H15ClN4O5S/c23-17-5-1-2-6-18(17)24-20(28)13-26-21(29)19(33-22(26)30)12-16-4-3-11-25(16)14-7-9-15(10-8-14)27(31)32/h1-12H,13H2,(H,24,28)/b19-12+. The number of halogens is 1. The van der Waals surface area contributed by atoms with E-state index in [2.05, 4.69) is 5.32 Å². The molecule has 0 saturated carbocycles. The number of anilines is 1. The van der Waals surface area contributed by atoms with E-state index in [4.69, 9.17) is 11.6 Å². The summed E-state index contributed by atoms with van der Waals surface area (Å²) in [6, 6.07) is 16.0. The Bertz CT molecular complexity index is 1300. The average molecular weight is 483 g/mol. The van der Waals surface area contributed by atoms with Crippen LogP contribution in [0, 0.1) is 10.1 Å². The summed E-state index contributed by atoms with van der Waals surface area (Å²) >= 11 is 6.75. The SMILES string of the molecule is O=C(CN1C(=O)S/C(=C/c2cccn2-c2ccc([N+](=O)[O-])cc2)C1=O)Nc1ccccc1Cl. The van der Waals surface area contributed by atoms with Crippen LogP contribution in [0.15, 0.2) is 71.8 Å². The Morgan fingerprint density at radius 3 is 2.52 bits per heavy atom. The Morgan fingerprint density at radius 2 is 1.82 bits per heavy atom. The number of thioether (sulfide) groups is 1. The zero-order chi connectivity index (χ0) is 23.5. The summed E-state index contributed by atoms with van der Waals surface area (Å²) in [6.45, 7) is -0.448. The first-order valence-corrected chi connectivity index (χ1v) is 10.7. The van der Waals surface area contributed by atoms with Crippen LogP contribution in [-0.4, -0.2) is 38.0 Å². The minimum atomic E-state index is -0.587. The number of hydrogen-bond donors (Lipinski definition) is 1. The number of benzene rings is 2. The molecule has 33 heavy (non-hydrogen) atoms. The van der Waals surface area contributed by atoms with Crippen LogP contribution in [0.5, 0.6) is 0 Å². The molecule has 0 spiro atoms. The van der Waals surface area contributed by atoms with Crippen LogP contribution in [-0.2, 0) is 9.59 Å². The van der Waals surface area contributed by atoms with Crippen molar-refractivity contribution in [2.75, 3.05) is 11.9 Å². The van der Waals surface area contributed by atoms with Gasteiger partial charge in [0.05, 0.1) is 20.5 Å². The van der Waals surface area contributed by atoms with Gasteiger partial charge in [0.25, 0.3) is 16.8 Å². The third-order valence-corrected chi connectivity index (χ3v) is 5.96. The lowest BCUT2D eigenvalue weighted by atomic mass is 10.2. The maximum absolute atomic E-state index is 12.8. The Kier molecular flexibility index (Phi) is 6.29. The van der Waals surface area contributed by atoms with E-state index in [9.17, 15) is 24.5 Å². The van der Waals surface area contributed by atoms with E-state index in [0.717, 1.165) is 16.7 Å². The predicted molar refractivity (Wildman–Crippen MR) is 125 cm³/mol. The van der Waals surface area contributed by atoms with Crippen molar-refractivity contribution in [3.8, 4) is 5.69 Å². The van der Waals surface area contributed by atoms with E-state index in [1.54, 1.807) is 59.3 Å². The monoisotopic (exact) mass is 482 g/mol. The van der Waals surface area contributed by atoms with Crippen molar-refractivity contribution < 1.29 is 19.3 Å². The van der Waals surface area contributed by atoms with Gasteiger partial charge in [-0.2, -0.15) is 0 Å². The van der Waals surface area contributed by atoms with Crippen molar-refractivity contribution in [2.45, 2.75) is 0 Å². The maximum atomic E-state index is 12.8. The number of carbonyl (C=O) groups excluding carboxylic acids is 3. The fraction of sp³-hybridized carbons (Fsp3) is 0.0455. The number of non-ortho nitro benzene ring substituents is 1.